The van der Waals surface area contributed by atoms with Crippen LogP contribution < -0.4 is 10.6 Å². The second kappa shape index (κ2) is 7.32. The average molecular weight is 331 g/mol. The minimum absolute atomic E-state index is 0.470. The van der Waals surface area contributed by atoms with Crippen molar-refractivity contribution in [2.75, 3.05) is 13.6 Å². The third kappa shape index (κ3) is 4.03. The average Bonchev–Trinajstić information content (AvgIpc) is 3.14. The number of aliphatic hydroxyl groups excluding tert-OH is 1. The summed E-state index contributed by atoms with van der Waals surface area (Å²) in [5.74, 6) is 1.57. The van der Waals surface area contributed by atoms with Crippen molar-refractivity contribution in [2.24, 2.45) is 10.9 Å². The van der Waals surface area contributed by atoms with Gasteiger partial charge in [0.15, 0.2) is 5.96 Å². The van der Waals surface area contributed by atoms with E-state index in [-0.39, 0.29) is 0 Å². The van der Waals surface area contributed by atoms with Gasteiger partial charge < -0.3 is 15.7 Å². The quantitative estimate of drug-likeness (QED) is 0.562. The van der Waals surface area contributed by atoms with Crippen LogP contribution >= 0.6 is 11.3 Å². The molecule has 0 amide bonds. The first-order valence-electron chi connectivity index (χ1n) is 8.35. The van der Waals surface area contributed by atoms with E-state index >= 15 is 0 Å². The Morgan fingerprint density at radius 1 is 1.43 bits per heavy atom. The number of nitrogens with one attached hydrogen (secondary N) is 2. The number of thiophene rings is 1. The first-order chi connectivity index (χ1) is 11.2. The number of benzene rings is 1. The molecule has 0 spiro atoms. The van der Waals surface area contributed by atoms with Gasteiger partial charge in [0, 0.05) is 29.2 Å². The van der Waals surface area contributed by atoms with Gasteiger partial charge in [-0.1, -0.05) is 31.5 Å². The Hall–Kier alpha value is -1.59. The van der Waals surface area contributed by atoms with E-state index < -0.39 is 6.10 Å². The molecule has 124 valence electrons. The maximum atomic E-state index is 10.4. The zero-order chi connectivity index (χ0) is 16.2. The van der Waals surface area contributed by atoms with Crippen LogP contribution in [0.4, 0.5) is 0 Å². The number of hydrogen-bond acceptors (Lipinski definition) is 3. The van der Waals surface area contributed by atoms with Gasteiger partial charge in [0.2, 0.25) is 0 Å². The van der Waals surface area contributed by atoms with Gasteiger partial charge in [-0.05, 0) is 36.3 Å². The van der Waals surface area contributed by atoms with Gasteiger partial charge in [0.25, 0.3) is 0 Å². The van der Waals surface area contributed by atoms with Crippen molar-refractivity contribution in [3.05, 3.63) is 35.2 Å². The monoisotopic (exact) mass is 331 g/mol. The molecule has 23 heavy (non-hydrogen) atoms. The Morgan fingerprint density at radius 2 is 2.26 bits per heavy atom. The zero-order valence-electron chi connectivity index (χ0n) is 13.7. The summed E-state index contributed by atoms with van der Waals surface area (Å²) in [6, 6.07) is 10.8. The maximum absolute atomic E-state index is 10.4. The number of nitrogens with zero attached hydrogens (tertiary/aromatic N) is 1. The first-order valence-corrected chi connectivity index (χ1v) is 9.16. The summed E-state index contributed by atoms with van der Waals surface area (Å²) in [5.41, 5.74) is 0. The van der Waals surface area contributed by atoms with Crippen LogP contribution in [0.25, 0.3) is 10.1 Å². The molecule has 5 heteroatoms. The number of aliphatic hydroxyl groups is 1. The Labute approximate surface area is 141 Å². The first kappa shape index (κ1) is 16.3. The third-order valence-electron chi connectivity index (χ3n) is 4.36. The summed E-state index contributed by atoms with van der Waals surface area (Å²) in [5, 5.41) is 18.3. The minimum atomic E-state index is -0.517. The molecule has 1 aliphatic carbocycles. The smallest absolute Gasteiger partial charge is 0.191 e. The molecule has 1 fully saturated rings. The molecule has 1 aliphatic rings. The molecule has 1 aromatic heterocycles. The van der Waals surface area contributed by atoms with Crippen molar-refractivity contribution >= 4 is 27.4 Å². The highest BCUT2D eigenvalue weighted by Crippen LogP contribution is 2.34. The van der Waals surface area contributed by atoms with Gasteiger partial charge in [-0.25, -0.2) is 0 Å². The molecular weight excluding hydrogens is 306 g/mol. The fraction of sp³-hybridized carbons (Fsp3) is 0.500. The van der Waals surface area contributed by atoms with E-state index in [9.17, 15) is 5.11 Å². The molecule has 3 atom stereocenters. The number of rotatable bonds is 6. The molecule has 0 bridgehead atoms. The molecule has 1 aromatic carbocycles. The molecule has 1 saturated carbocycles. The molecule has 0 aliphatic heterocycles. The van der Waals surface area contributed by atoms with E-state index in [2.05, 4.69) is 40.7 Å². The molecule has 0 saturated heterocycles. The van der Waals surface area contributed by atoms with Crippen LogP contribution in [0.1, 0.15) is 37.2 Å². The molecule has 0 radical (unpaired) electrons. The van der Waals surface area contributed by atoms with Crippen molar-refractivity contribution in [3.63, 3.8) is 0 Å². The van der Waals surface area contributed by atoms with Gasteiger partial charge in [-0.3, -0.25) is 4.99 Å². The van der Waals surface area contributed by atoms with E-state index in [1.807, 2.05) is 12.1 Å². The van der Waals surface area contributed by atoms with Crippen LogP contribution in [0.5, 0.6) is 0 Å². The van der Waals surface area contributed by atoms with Crippen molar-refractivity contribution in [1.29, 1.82) is 0 Å². The van der Waals surface area contributed by atoms with Gasteiger partial charge in [-0.2, -0.15) is 0 Å². The second-order valence-corrected chi connectivity index (χ2v) is 7.31. The van der Waals surface area contributed by atoms with E-state index in [1.165, 1.54) is 29.3 Å². The normalized spacial score (nSPS) is 22.1. The van der Waals surface area contributed by atoms with Gasteiger partial charge >= 0.3 is 0 Å². The lowest BCUT2D eigenvalue weighted by Gasteiger charge is -2.14. The number of fused-ring (bicyclic) bond motifs is 1. The SMILES string of the molecule is CCCC1CC1NC(=NC)NCC(O)c1cc2ccccc2s1. The van der Waals surface area contributed by atoms with Crippen molar-refractivity contribution < 1.29 is 5.11 Å². The summed E-state index contributed by atoms with van der Waals surface area (Å²) in [4.78, 5) is 5.25. The summed E-state index contributed by atoms with van der Waals surface area (Å²) >= 11 is 1.65. The largest absolute Gasteiger partial charge is 0.386 e. The summed E-state index contributed by atoms with van der Waals surface area (Å²) in [7, 11) is 1.78. The van der Waals surface area contributed by atoms with E-state index in [4.69, 9.17) is 0 Å². The molecule has 4 nitrogen and oxygen atoms in total. The summed E-state index contributed by atoms with van der Waals surface area (Å²) in [6.07, 6.45) is 3.23. The van der Waals surface area contributed by atoms with Crippen LogP contribution in [0.2, 0.25) is 0 Å². The molecule has 3 unspecified atom stereocenters. The standard InChI is InChI=1S/C18H25N3OS/c1-3-6-12-9-14(12)21-18(19-2)20-11-15(22)17-10-13-7-4-5-8-16(13)23-17/h4-5,7-8,10,12,14-15,22H,3,6,9,11H2,1-2H3,(H2,19,20,21). The Balaban J connectivity index is 1.52. The van der Waals surface area contributed by atoms with Crippen molar-refractivity contribution in [1.82, 2.24) is 10.6 Å². The van der Waals surface area contributed by atoms with E-state index in [0.29, 0.717) is 12.6 Å². The van der Waals surface area contributed by atoms with Crippen LogP contribution in [0.3, 0.4) is 0 Å². The lowest BCUT2D eigenvalue weighted by atomic mass is 10.2. The van der Waals surface area contributed by atoms with E-state index in [1.54, 1.807) is 18.4 Å². The number of guanidine groups is 1. The van der Waals surface area contributed by atoms with E-state index in [0.717, 1.165) is 16.8 Å². The number of hydrogen-bond donors (Lipinski definition) is 3. The maximum Gasteiger partial charge on any atom is 0.191 e. The topological polar surface area (TPSA) is 56.7 Å². The molecule has 3 rings (SSSR count). The van der Waals surface area contributed by atoms with Crippen molar-refractivity contribution in [3.8, 4) is 0 Å². The van der Waals surface area contributed by atoms with Gasteiger partial charge in [-0.15, -0.1) is 11.3 Å². The van der Waals surface area contributed by atoms with Crippen LogP contribution in [-0.2, 0) is 0 Å². The van der Waals surface area contributed by atoms with Crippen LogP contribution in [0.15, 0.2) is 35.3 Å². The third-order valence-corrected chi connectivity index (χ3v) is 5.58. The van der Waals surface area contributed by atoms with Crippen LogP contribution in [0, 0.1) is 5.92 Å². The predicted octanol–water partition coefficient (Wildman–Crippen LogP) is 3.29. The highest BCUT2D eigenvalue weighted by Gasteiger charge is 2.36. The fourth-order valence-corrected chi connectivity index (χ4v) is 4.00. The number of aliphatic imine (C=N–C) groups is 1. The summed E-state index contributed by atoms with van der Waals surface area (Å²) < 4.78 is 1.21. The second-order valence-electron chi connectivity index (χ2n) is 6.19. The van der Waals surface area contributed by atoms with Gasteiger partial charge in [0.05, 0.1) is 0 Å². The fourth-order valence-electron chi connectivity index (χ4n) is 2.95. The Kier molecular flexibility index (Phi) is 5.18. The zero-order valence-corrected chi connectivity index (χ0v) is 14.6. The highest BCUT2D eigenvalue weighted by molar-refractivity contribution is 7.19. The lowest BCUT2D eigenvalue weighted by Crippen LogP contribution is -2.40. The Morgan fingerprint density at radius 3 is 3.00 bits per heavy atom. The Bertz CT molecular complexity index is 649. The van der Waals surface area contributed by atoms with Crippen LogP contribution in [-0.4, -0.2) is 30.7 Å². The molecular formula is C18H25N3OS. The minimum Gasteiger partial charge on any atom is -0.386 e. The predicted molar refractivity (Wildman–Crippen MR) is 98.1 cm³/mol. The lowest BCUT2D eigenvalue weighted by molar-refractivity contribution is 0.184. The summed E-state index contributed by atoms with van der Waals surface area (Å²) in [6.45, 7) is 2.70. The molecule has 2 aromatic rings. The van der Waals surface area contributed by atoms with Gasteiger partial charge in [0.1, 0.15) is 6.10 Å². The van der Waals surface area contributed by atoms with Crippen molar-refractivity contribution in [2.45, 2.75) is 38.3 Å². The highest BCUT2D eigenvalue weighted by atomic mass is 32.1. The molecule has 1 heterocycles. The molecule has 3 N–H and O–H groups in total.